The molecule has 0 saturated heterocycles. The number of benzene rings is 2. The maximum absolute atomic E-state index is 13.1. The van der Waals surface area contributed by atoms with E-state index in [0.29, 0.717) is 12.8 Å². The second kappa shape index (κ2) is 6.25. The Morgan fingerprint density at radius 2 is 1.60 bits per heavy atom. The van der Waals surface area contributed by atoms with Crippen LogP contribution >= 0.6 is 0 Å². The normalized spacial score (nSPS) is 20.0. The van der Waals surface area contributed by atoms with Crippen LogP contribution in [0.1, 0.15) is 54.9 Å². The summed E-state index contributed by atoms with van der Waals surface area (Å²) in [5, 5.41) is 0. The van der Waals surface area contributed by atoms with Crippen LogP contribution < -0.4 is 0 Å². The fourth-order valence-corrected chi connectivity index (χ4v) is 4.23. The van der Waals surface area contributed by atoms with Crippen LogP contribution in [0.3, 0.4) is 0 Å². The SMILES string of the molecule is Cc1cc(C)c(C2C(=O)CCC(C)(C)C2=O)c(C)c1-c1ccccc1. The Kier molecular flexibility index (Phi) is 4.40. The van der Waals surface area contributed by atoms with E-state index < -0.39 is 11.3 Å². The van der Waals surface area contributed by atoms with Gasteiger partial charge in [0.25, 0.3) is 0 Å². The Balaban J connectivity index is 2.23. The molecule has 0 aliphatic heterocycles. The predicted molar refractivity (Wildman–Crippen MR) is 102 cm³/mol. The third kappa shape index (κ3) is 2.95. The first-order chi connectivity index (χ1) is 11.7. The number of Topliss-reactive ketones (excluding diaryl/α,β-unsaturated/α-hetero) is 2. The van der Waals surface area contributed by atoms with E-state index in [1.807, 2.05) is 39.0 Å². The molecule has 2 aromatic rings. The number of rotatable bonds is 2. The molecule has 2 heteroatoms. The lowest BCUT2D eigenvalue weighted by molar-refractivity contribution is -0.139. The van der Waals surface area contributed by atoms with Gasteiger partial charge in [-0.2, -0.15) is 0 Å². The lowest BCUT2D eigenvalue weighted by atomic mass is 9.66. The van der Waals surface area contributed by atoms with E-state index in [2.05, 4.69) is 32.0 Å². The Bertz CT molecular complexity index is 844. The summed E-state index contributed by atoms with van der Waals surface area (Å²) >= 11 is 0. The van der Waals surface area contributed by atoms with Crippen LogP contribution in [-0.2, 0) is 9.59 Å². The van der Waals surface area contributed by atoms with Crippen molar-refractivity contribution in [2.45, 2.75) is 53.4 Å². The summed E-state index contributed by atoms with van der Waals surface area (Å²) in [4.78, 5) is 25.8. The van der Waals surface area contributed by atoms with Crippen molar-refractivity contribution in [3.63, 3.8) is 0 Å². The average molecular weight is 334 g/mol. The summed E-state index contributed by atoms with van der Waals surface area (Å²) in [6, 6.07) is 12.3. The number of hydrogen-bond donors (Lipinski definition) is 0. The van der Waals surface area contributed by atoms with Crippen LogP contribution in [0.2, 0.25) is 0 Å². The van der Waals surface area contributed by atoms with E-state index in [-0.39, 0.29) is 11.6 Å². The fraction of sp³-hybridized carbons (Fsp3) is 0.391. The first kappa shape index (κ1) is 17.6. The number of carbonyl (C=O) groups excluding carboxylic acids is 2. The van der Waals surface area contributed by atoms with Crippen molar-refractivity contribution in [1.82, 2.24) is 0 Å². The number of ketones is 2. The van der Waals surface area contributed by atoms with Crippen LogP contribution in [0.4, 0.5) is 0 Å². The van der Waals surface area contributed by atoms with E-state index in [9.17, 15) is 9.59 Å². The second-order valence-corrected chi connectivity index (χ2v) is 7.94. The van der Waals surface area contributed by atoms with Gasteiger partial charge in [0.2, 0.25) is 0 Å². The molecule has 0 spiro atoms. The van der Waals surface area contributed by atoms with Crippen molar-refractivity contribution in [1.29, 1.82) is 0 Å². The van der Waals surface area contributed by atoms with Gasteiger partial charge in [0.15, 0.2) is 5.78 Å². The molecule has 2 aromatic carbocycles. The zero-order chi connectivity index (χ0) is 18.4. The summed E-state index contributed by atoms with van der Waals surface area (Å²) in [5.41, 5.74) is 6.05. The van der Waals surface area contributed by atoms with Gasteiger partial charge in [0.05, 0.1) is 0 Å². The molecule has 130 valence electrons. The van der Waals surface area contributed by atoms with Crippen molar-refractivity contribution in [2.75, 3.05) is 0 Å². The first-order valence-corrected chi connectivity index (χ1v) is 8.97. The monoisotopic (exact) mass is 334 g/mol. The van der Waals surface area contributed by atoms with Crippen LogP contribution in [-0.4, -0.2) is 11.6 Å². The summed E-state index contributed by atoms with van der Waals surface area (Å²) < 4.78 is 0. The third-order valence-corrected chi connectivity index (χ3v) is 5.63. The molecular formula is C23H26O2. The molecule has 1 aliphatic rings. The van der Waals surface area contributed by atoms with Gasteiger partial charge in [-0.05, 0) is 60.6 Å². The summed E-state index contributed by atoms with van der Waals surface area (Å²) in [6.45, 7) is 10.1. The lowest BCUT2D eigenvalue weighted by Gasteiger charge is -2.34. The van der Waals surface area contributed by atoms with Crippen LogP contribution in [0.15, 0.2) is 36.4 Å². The molecule has 1 aliphatic carbocycles. The van der Waals surface area contributed by atoms with Crippen LogP contribution in [0, 0.1) is 26.2 Å². The molecule has 1 fully saturated rings. The van der Waals surface area contributed by atoms with Gasteiger partial charge in [-0.15, -0.1) is 0 Å². The second-order valence-electron chi connectivity index (χ2n) is 7.94. The van der Waals surface area contributed by atoms with Gasteiger partial charge >= 0.3 is 0 Å². The Hall–Kier alpha value is -2.22. The zero-order valence-electron chi connectivity index (χ0n) is 15.8. The Morgan fingerprint density at radius 1 is 0.960 bits per heavy atom. The van der Waals surface area contributed by atoms with Crippen molar-refractivity contribution in [3.8, 4) is 11.1 Å². The molecule has 0 radical (unpaired) electrons. The average Bonchev–Trinajstić information content (AvgIpc) is 2.55. The highest BCUT2D eigenvalue weighted by atomic mass is 16.2. The number of hydrogen-bond acceptors (Lipinski definition) is 2. The van der Waals surface area contributed by atoms with Crippen molar-refractivity contribution >= 4 is 11.6 Å². The molecular weight excluding hydrogens is 308 g/mol. The van der Waals surface area contributed by atoms with E-state index in [1.54, 1.807) is 0 Å². The minimum Gasteiger partial charge on any atom is -0.299 e. The van der Waals surface area contributed by atoms with E-state index in [0.717, 1.165) is 27.8 Å². The largest absolute Gasteiger partial charge is 0.299 e. The van der Waals surface area contributed by atoms with Gasteiger partial charge < -0.3 is 0 Å². The lowest BCUT2D eigenvalue weighted by Crippen LogP contribution is -2.40. The van der Waals surface area contributed by atoms with E-state index >= 15 is 0 Å². The Labute approximate surface area is 150 Å². The molecule has 25 heavy (non-hydrogen) atoms. The van der Waals surface area contributed by atoms with Crippen molar-refractivity contribution in [2.24, 2.45) is 5.41 Å². The minimum atomic E-state index is -0.619. The van der Waals surface area contributed by atoms with Gasteiger partial charge in [-0.1, -0.05) is 50.2 Å². The highest BCUT2D eigenvalue weighted by Gasteiger charge is 2.44. The van der Waals surface area contributed by atoms with Gasteiger partial charge in [-0.3, -0.25) is 9.59 Å². The fourth-order valence-electron chi connectivity index (χ4n) is 4.23. The third-order valence-electron chi connectivity index (χ3n) is 5.63. The molecule has 3 rings (SSSR count). The van der Waals surface area contributed by atoms with Gasteiger partial charge in [-0.25, -0.2) is 0 Å². The van der Waals surface area contributed by atoms with Crippen LogP contribution in [0.5, 0.6) is 0 Å². The topological polar surface area (TPSA) is 34.1 Å². The standard InChI is InChI=1S/C23H26O2/c1-14-13-15(2)20(16(3)19(14)17-9-7-6-8-10-17)21-18(24)11-12-23(4,5)22(21)25/h6-10,13,21H,11-12H2,1-5H3. The smallest absolute Gasteiger partial charge is 0.153 e. The molecule has 0 amide bonds. The zero-order valence-corrected chi connectivity index (χ0v) is 15.8. The van der Waals surface area contributed by atoms with Crippen LogP contribution in [0.25, 0.3) is 11.1 Å². The summed E-state index contributed by atoms with van der Waals surface area (Å²) in [7, 11) is 0. The highest BCUT2D eigenvalue weighted by molar-refractivity contribution is 6.12. The number of carbonyl (C=O) groups is 2. The predicted octanol–water partition coefficient (Wildman–Crippen LogP) is 5.32. The first-order valence-electron chi connectivity index (χ1n) is 8.97. The highest BCUT2D eigenvalue weighted by Crippen LogP contribution is 2.43. The van der Waals surface area contributed by atoms with E-state index in [1.165, 1.54) is 5.56 Å². The van der Waals surface area contributed by atoms with Crippen molar-refractivity contribution < 1.29 is 9.59 Å². The molecule has 0 heterocycles. The maximum Gasteiger partial charge on any atom is 0.153 e. The molecule has 1 saturated carbocycles. The molecule has 0 N–H and O–H groups in total. The van der Waals surface area contributed by atoms with Gasteiger partial charge in [0.1, 0.15) is 11.7 Å². The summed E-state index contributed by atoms with van der Waals surface area (Å²) in [6.07, 6.45) is 1.13. The number of aryl methyl sites for hydroxylation is 2. The minimum absolute atomic E-state index is 0.0674. The Morgan fingerprint density at radius 3 is 2.24 bits per heavy atom. The van der Waals surface area contributed by atoms with Gasteiger partial charge in [0, 0.05) is 11.8 Å². The molecule has 1 unspecified atom stereocenters. The summed E-state index contributed by atoms with van der Waals surface area (Å²) in [5.74, 6) is -0.483. The molecule has 2 nitrogen and oxygen atoms in total. The van der Waals surface area contributed by atoms with Crippen molar-refractivity contribution in [3.05, 3.63) is 58.7 Å². The van der Waals surface area contributed by atoms with E-state index in [4.69, 9.17) is 0 Å². The maximum atomic E-state index is 13.1. The quantitative estimate of drug-likeness (QED) is 0.696. The molecule has 1 atom stereocenters. The molecule has 0 aromatic heterocycles. The molecule has 0 bridgehead atoms.